The van der Waals surface area contributed by atoms with Crippen molar-refractivity contribution < 1.29 is 14.0 Å². The second kappa shape index (κ2) is 9.22. The van der Waals surface area contributed by atoms with Gasteiger partial charge in [-0.25, -0.2) is 4.39 Å². The maximum Gasteiger partial charge on any atom is 0.243 e. The number of rotatable bonds is 7. The Morgan fingerprint density at radius 1 is 1.12 bits per heavy atom. The van der Waals surface area contributed by atoms with E-state index >= 15 is 0 Å². The number of halogens is 1. The predicted molar refractivity (Wildman–Crippen MR) is 99.2 cm³/mol. The third-order valence-electron chi connectivity index (χ3n) is 3.65. The second-order valence-electron chi connectivity index (χ2n) is 5.55. The zero-order valence-electron chi connectivity index (χ0n) is 14.3. The van der Waals surface area contributed by atoms with Crippen LogP contribution >= 0.6 is 11.8 Å². The Balaban J connectivity index is 1.83. The summed E-state index contributed by atoms with van der Waals surface area (Å²) in [6.07, 6.45) is 0.819. The van der Waals surface area contributed by atoms with Gasteiger partial charge in [0.05, 0.1) is 12.3 Å². The average molecular weight is 360 g/mol. The van der Waals surface area contributed by atoms with Crippen LogP contribution in [0.5, 0.6) is 0 Å². The van der Waals surface area contributed by atoms with Crippen molar-refractivity contribution in [1.82, 2.24) is 4.90 Å². The number of hydrogen-bond donors (Lipinski definition) is 1. The van der Waals surface area contributed by atoms with E-state index in [1.165, 1.54) is 28.8 Å². The molecule has 2 aromatic carbocycles. The highest BCUT2D eigenvalue weighted by Gasteiger charge is 2.14. The number of nitrogens with zero attached hydrogens (tertiary/aromatic N) is 1. The summed E-state index contributed by atoms with van der Waals surface area (Å²) in [6.45, 7) is 2.01. The number of likely N-dealkylation sites (N-methyl/N-ethyl adjacent to an activating group) is 1. The summed E-state index contributed by atoms with van der Waals surface area (Å²) in [4.78, 5) is 26.5. The molecule has 0 atom stereocenters. The lowest BCUT2D eigenvalue weighted by Crippen LogP contribution is -2.36. The molecule has 0 spiro atoms. The molecule has 0 saturated carbocycles. The SMILES string of the molecule is CCc1ccccc1NC(=O)CN(C)C(=O)CSc1ccc(F)cc1. The van der Waals surface area contributed by atoms with Gasteiger partial charge in [0.25, 0.3) is 0 Å². The van der Waals surface area contributed by atoms with Crippen LogP contribution in [-0.4, -0.2) is 36.1 Å². The Bertz CT molecular complexity index is 734. The van der Waals surface area contributed by atoms with Gasteiger partial charge in [0.1, 0.15) is 5.82 Å². The largest absolute Gasteiger partial charge is 0.336 e. The summed E-state index contributed by atoms with van der Waals surface area (Å²) in [6, 6.07) is 13.6. The third kappa shape index (κ3) is 5.90. The van der Waals surface area contributed by atoms with Crippen LogP contribution in [0.25, 0.3) is 0 Å². The van der Waals surface area contributed by atoms with E-state index in [4.69, 9.17) is 0 Å². The van der Waals surface area contributed by atoms with Crippen LogP contribution in [0.4, 0.5) is 10.1 Å². The number of hydrogen-bond acceptors (Lipinski definition) is 3. The quantitative estimate of drug-likeness (QED) is 0.768. The molecule has 0 aliphatic carbocycles. The third-order valence-corrected chi connectivity index (χ3v) is 4.65. The number of para-hydroxylation sites is 1. The minimum atomic E-state index is -0.308. The molecule has 0 aromatic heterocycles. The van der Waals surface area contributed by atoms with Gasteiger partial charge in [-0.05, 0) is 42.3 Å². The van der Waals surface area contributed by atoms with Crippen molar-refractivity contribution in [1.29, 1.82) is 0 Å². The lowest BCUT2D eigenvalue weighted by atomic mass is 10.1. The summed E-state index contributed by atoms with van der Waals surface area (Å²) in [7, 11) is 1.60. The molecule has 4 nitrogen and oxygen atoms in total. The van der Waals surface area contributed by atoms with Crippen LogP contribution in [0.1, 0.15) is 12.5 Å². The van der Waals surface area contributed by atoms with E-state index in [2.05, 4.69) is 5.32 Å². The first-order chi connectivity index (χ1) is 12.0. The fourth-order valence-electron chi connectivity index (χ4n) is 2.23. The van der Waals surface area contributed by atoms with Gasteiger partial charge in [0.2, 0.25) is 11.8 Å². The lowest BCUT2D eigenvalue weighted by Gasteiger charge is -2.17. The van der Waals surface area contributed by atoms with E-state index in [-0.39, 0.29) is 29.9 Å². The van der Waals surface area contributed by atoms with Gasteiger partial charge in [-0.15, -0.1) is 11.8 Å². The molecule has 0 unspecified atom stereocenters. The van der Waals surface area contributed by atoms with E-state index in [9.17, 15) is 14.0 Å². The van der Waals surface area contributed by atoms with Gasteiger partial charge >= 0.3 is 0 Å². The molecule has 6 heteroatoms. The summed E-state index contributed by atoms with van der Waals surface area (Å²) in [5.41, 5.74) is 1.83. The Kier molecular flexibility index (Phi) is 7.01. The summed E-state index contributed by atoms with van der Waals surface area (Å²) in [5.74, 6) is -0.505. The van der Waals surface area contributed by atoms with E-state index in [0.29, 0.717) is 0 Å². The van der Waals surface area contributed by atoms with Crippen molar-refractivity contribution in [3.63, 3.8) is 0 Å². The number of aryl methyl sites for hydroxylation is 1. The molecule has 2 amide bonds. The number of anilines is 1. The smallest absolute Gasteiger partial charge is 0.243 e. The van der Waals surface area contributed by atoms with Crippen LogP contribution in [0.3, 0.4) is 0 Å². The molecule has 25 heavy (non-hydrogen) atoms. The van der Waals surface area contributed by atoms with Crippen LogP contribution in [0.15, 0.2) is 53.4 Å². The molecular weight excluding hydrogens is 339 g/mol. The topological polar surface area (TPSA) is 49.4 Å². The summed E-state index contributed by atoms with van der Waals surface area (Å²) in [5, 5.41) is 2.85. The van der Waals surface area contributed by atoms with E-state index < -0.39 is 0 Å². The standard InChI is InChI=1S/C19H21FN2O2S/c1-3-14-6-4-5-7-17(14)21-18(23)12-22(2)19(24)13-25-16-10-8-15(20)9-11-16/h4-11H,3,12-13H2,1-2H3,(H,21,23). The molecule has 0 aliphatic heterocycles. The fourth-order valence-corrected chi connectivity index (χ4v) is 3.07. The van der Waals surface area contributed by atoms with Crippen molar-refractivity contribution in [2.45, 2.75) is 18.2 Å². The maximum atomic E-state index is 12.9. The average Bonchev–Trinajstić information content (AvgIpc) is 2.61. The Morgan fingerprint density at radius 3 is 2.48 bits per heavy atom. The molecule has 0 aliphatic rings. The van der Waals surface area contributed by atoms with Gasteiger partial charge < -0.3 is 10.2 Å². The van der Waals surface area contributed by atoms with Crippen LogP contribution in [0.2, 0.25) is 0 Å². The zero-order valence-corrected chi connectivity index (χ0v) is 15.1. The number of carbonyl (C=O) groups is 2. The molecule has 0 bridgehead atoms. The van der Waals surface area contributed by atoms with E-state index in [1.807, 2.05) is 31.2 Å². The number of benzene rings is 2. The normalized spacial score (nSPS) is 10.4. The van der Waals surface area contributed by atoms with Crippen molar-refractivity contribution in [3.05, 3.63) is 59.9 Å². The summed E-state index contributed by atoms with van der Waals surface area (Å²) >= 11 is 1.31. The minimum absolute atomic E-state index is 0.0130. The highest BCUT2D eigenvalue weighted by atomic mass is 32.2. The molecule has 0 radical (unpaired) electrons. The molecule has 0 heterocycles. The monoisotopic (exact) mass is 360 g/mol. The number of amides is 2. The van der Waals surface area contributed by atoms with E-state index in [0.717, 1.165) is 22.6 Å². The van der Waals surface area contributed by atoms with Crippen LogP contribution < -0.4 is 5.32 Å². The Morgan fingerprint density at radius 2 is 1.80 bits per heavy atom. The molecule has 132 valence electrons. The molecule has 2 aromatic rings. The van der Waals surface area contributed by atoms with Gasteiger partial charge in [-0.2, -0.15) is 0 Å². The first kappa shape index (κ1) is 19.0. The first-order valence-electron chi connectivity index (χ1n) is 7.99. The lowest BCUT2D eigenvalue weighted by molar-refractivity contribution is -0.131. The molecular formula is C19H21FN2O2S. The van der Waals surface area contributed by atoms with Gasteiger partial charge in [-0.1, -0.05) is 25.1 Å². The van der Waals surface area contributed by atoms with Crippen molar-refractivity contribution in [2.24, 2.45) is 0 Å². The Hall–Kier alpha value is -2.34. The number of nitrogens with one attached hydrogen (secondary N) is 1. The van der Waals surface area contributed by atoms with Crippen LogP contribution in [0, 0.1) is 5.82 Å². The molecule has 0 fully saturated rings. The summed E-state index contributed by atoms with van der Waals surface area (Å²) < 4.78 is 12.9. The van der Waals surface area contributed by atoms with Gasteiger partial charge in [-0.3, -0.25) is 9.59 Å². The zero-order chi connectivity index (χ0) is 18.2. The number of thioether (sulfide) groups is 1. The van der Waals surface area contributed by atoms with E-state index in [1.54, 1.807) is 19.2 Å². The fraction of sp³-hybridized carbons (Fsp3) is 0.263. The van der Waals surface area contributed by atoms with Crippen molar-refractivity contribution >= 4 is 29.3 Å². The maximum absolute atomic E-state index is 12.9. The molecule has 1 N–H and O–H groups in total. The van der Waals surface area contributed by atoms with Gasteiger partial charge in [0, 0.05) is 17.6 Å². The van der Waals surface area contributed by atoms with Crippen molar-refractivity contribution in [3.8, 4) is 0 Å². The molecule has 0 saturated heterocycles. The predicted octanol–water partition coefficient (Wildman–Crippen LogP) is 3.58. The van der Waals surface area contributed by atoms with Crippen molar-refractivity contribution in [2.75, 3.05) is 24.7 Å². The highest BCUT2D eigenvalue weighted by molar-refractivity contribution is 8.00. The Labute approximate surface area is 151 Å². The first-order valence-corrected chi connectivity index (χ1v) is 8.98. The number of carbonyl (C=O) groups excluding carboxylic acids is 2. The van der Waals surface area contributed by atoms with Gasteiger partial charge in [0.15, 0.2) is 0 Å². The van der Waals surface area contributed by atoms with Crippen LogP contribution in [-0.2, 0) is 16.0 Å². The molecule has 2 rings (SSSR count). The minimum Gasteiger partial charge on any atom is -0.336 e. The highest BCUT2D eigenvalue weighted by Crippen LogP contribution is 2.18. The second-order valence-corrected chi connectivity index (χ2v) is 6.60.